The molecule has 0 aliphatic carbocycles. The Bertz CT molecular complexity index is 457. The molecule has 0 fully saturated rings. The van der Waals surface area contributed by atoms with Crippen LogP contribution in [0, 0.1) is 0 Å². The normalized spacial score (nSPS) is 12.8. The van der Waals surface area contributed by atoms with Crippen LogP contribution in [0.2, 0.25) is 0 Å². The van der Waals surface area contributed by atoms with Crippen molar-refractivity contribution in [2.45, 2.75) is 50.7 Å². The first-order valence-electron chi connectivity index (χ1n) is 8.01. The van der Waals surface area contributed by atoms with E-state index in [4.69, 9.17) is 49.1 Å². The third kappa shape index (κ3) is 23.5. The van der Waals surface area contributed by atoms with Crippen molar-refractivity contribution in [2.24, 2.45) is 33.7 Å². The van der Waals surface area contributed by atoms with Crippen molar-refractivity contribution in [1.29, 1.82) is 0 Å². The highest BCUT2D eigenvalue weighted by molar-refractivity contribution is 5.75. The van der Waals surface area contributed by atoms with Crippen molar-refractivity contribution in [1.82, 2.24) is 0 Å². The van der Waals surface area contributed by atoms with Gasteiger partial charge in [-0.25, -0.2) is 0 Å². The van der Waals surface area contributed by atoms with E-state index in [1.807, 2.05) is 6.92 Å². The second-order valence-electron chi connectivity index (χ2n) is 5.25. The number of carboxylic acids is 3. The minimum Gasteiger partial charge on any atom is -0.480 e. The highest BCUT2D eigenvalue weighted by Gasteiger charge is 2.09. The fraction of sp³-hybridized carbons (Fsp3) is 0.714. The van der Waals surface area contributed by atoms with Crippen molar-refractivity contribution in [3.63, 3.8) is 0 Å². The van der Waals surface area contributed by atoms with E-state index in [0.717, 1.165) is 6.42 Å². The lowest BCUT2D eigenvalue weighted by Crippen LogP contribution is -2.33. The molecule has 0 radical (unpaired) electrons. The van der Waals surface area contributed by atoms with Crippen LogP contribution in [0.15, 0.2) is 4.99 Å². The predicted molar refractivity (Wildman–Crippen MR) is 98.7 cm³/mol. The molecule has 13 heteroatoms. The summed E-state index contributed by atoms with van der Waals surface area (Å²) in [4.78, 5) is 33.5. The average Bonchev–Trinajstić information content (AvgIpc) is 2.58. The zero-order valence-electron chi connectivity index (χ0n) is 15.3. The van der Waals surface area contributed by atoms with Gasteiger partial charge < -0.3 is 49.1 Å². The largest absolute Gasteiger partial charge is 0.480 e. The van der Waals surface area contributed by atoms with Crippen molar-refractivity contribution < 1.29 is 34.8 Å². The van der Waals surface area contributed by atoms with Gasteiger partial charge in [-0.15, -0.1) is 0 Å². The van der Waals surface area contributed by atoms with Gasteiger partial charge in [-0.3, -0.25) is 19.4 Å². The minimum atomic E-state index is -1.18. The Labute approximate surface area is 157 Å². The molecular weight excluding hydrogens is 364 g/mol. The SMILES string of the molecule is CCCC(N)C(=O)O.NC(N)=NCCC[C@@H](N)C(=O)O.N[C@H](CO)C(=O)O. The Hall–Kier alpha value is -2.48. The third-order valence-electron chi connectivity index (χ3n) is 2.72. The summed E-state index contributed by atoms with van der Waals surface area (Å²) in [5.74, 6) is -3.08. The van der Waals surface area contributed by atoms with Gasteiger partial charge in [-0.1, -0.05) is 13.3 Å². The number of aliphatic hydroxyl groups is 1. The van der Waals surface area contributed by atoms with Gasteiger partial charge in [0.1, 0.15) is 18.1 Å². The predicted octanol–water partition coefficient (Wildman–Crippen LogP) is -2.96. The molecular formula is C14H32N6O7. The standard InChI is InChI=1S/C6H14N4O2.C5H11NO2.C3H7NO3/c7-4(5(11)12)2-1-3-10-6(8)9;1-2-3-4(6)5(7)8;4-2(1-5)3(6)7/h4H,1-3,7H2,(H,11,12)(H4,8,9,10);4H,2-3,6H2,1H3,(H,7,8);2,5H,1,4H2,(H,6,7)/t4-;;2-/m1.1/s1. The van der Waals surface area contributed by atoms with Gasteiger partial charge in [-0.05, 0) is 19.3 Å². The van der Waals surface area contributed by atoms with Gasteiger partial charge in [0.05, 0.1) is 6.61 Å². The fourth-order valence-corrected chi connectivity index (χ4v) is 1.16. The van der Waals surface area contributed by atoms with Crippen LogP contribution < -0.4 is 28.7 Å². The summed E-state index contributed by atoms with van der Waals surface area (Å²) in [5.41, 5.74) is 25.2. The summed E-state index contributed by atoms with van der Waals surface area (Å²) in [6.45, 7) is 1.82. The summed E-state index contributed by atoms with van der Waals surface area (Å²) < 4.78 is 0. The number of carboxylic acid groups (broad SMARTS) is 3. The molecule has 0 aromatic carbocycles. The number of nitrogens with two attached hydrogens (primary N) is 5. The lowest BCUT2D eigenvalue weighted by atomic mass is 10.2. The van der Waals surface area contributed by atoms with Gasteiger partial charge in [0, 0.05) is 6.54 Å². The smallest absolute Gasteiger partial charge is 0.322 e. The number of hydrogen-bond acceptors (Lipinski definition) is 8. The van der Waals surface area contributed by atoms with Gasteiger partial charge in [-0.2, -0.15) is 0 Å². The first kappa shape index (κ1) is 29.3. The molecule has 0 aliphatic heterocycles. The van der Waals surface area contributed by atoms with Crippen LogP contribution >= 0.6 is 0 Å². The number of rotatable bonds is 10. The minimum absolute atomic E-state index is 0.0129. The van der Waals surface area contributed by atoms with Gasteiger partial charge in [0.15, 0.2) is 5.96 Å². The molecule has 0 aliphatic rings. The lowest BCUT2D eigenvalue weighted by molar-refractivity contribution is -0.140. The van der Waals surface area contributed by atoms with Crippen LogP contribution in [0.3, 0.4) is 0 Å². The molecule has 0 amide bonds. The molecule has 160 valence electrons. The number of hydrogen-bond donors (Lipinski definition) is 9. The lowest BCUT2D eigenvalue weighted by Gasteiger charge is -2.03. The Morgan fingerprint density at radius 2 is 1.26 bits per heavy atom. The molecule has 0 rings (SSSR count). The number of nitrogens with zero attached hydrogens (tertiary/aromatic N) is 1. The van der Waals surface area contributed by atoms with Crippen molar-refractivity contribution in [2.75, 3.05) is 13.2 Å². The number of aliphatic imine (C=N–C) groups is 1. The number of carbonyl (C=O) groups is 3. The molecule has 0 aromatic rings. The Kier molecular flexibility index (Phi) is 19.9. The number of aliphatic hydroxyl groups excluding tert-OH is 1. The maximum Gasteiger partial charge on any atom is 0.322 e. The quantitative estimate of drug-likeness (QED) is 0.102. The van der Waals surface area contributed by atoms with Crippen LogP contribution in [-0.2, 0) is 14.4 Å². The van der Waals surface area contributed by atoms with Crippen molar-refractivity contribution in [3.8, 4) is 0 Å². The van der Waals surface area contributed by atoms with E-state index >= 15 is 0 Å². The monoisotopic (exact) mass is 396 g/mol. The molecule has 13 nitrogen and oxygen atoms in total. The zero-order chi connectivity index (χ0) is 22.0. The average molecular weight is 396 g/mol. The molecule has 14 N–H and O–H groups in total. The Morgan fingerprint density at radius 1 is 0.852 bits per heavy atom. The van der Waals surface area contributed by atoms with E-state index in [-0.39, 0.29) is 5.96 Å². The highest BCUT2D eigenvalue weighted by atomic mass is 16.4. The molecule has 0 heterocycles. The topological polar surface area (TPSA) is 275 Å². The van der Waals surface area contributed by atoms with Gasteiger partial charge in [0.2, 0.25) is 0 Å². The fourth-order valence-electron chi connectivity index (χ4n) is 1.16. The number of guanidine groups is 1. The molecule has 1 unspecified atom stereocenters. The van der Waals surface area contributed by atoms with E-state index in [9.17, 15) is 14.4 Å². The van der Waals surface area contributed by atoms with Crippen molar-refractivity contribution in [3.05, 3.63) is 0 Å². The maximum absolute atomic E-state index is 10.2. The maximum atomic E-state index is 10.2. The first-order valence-corrected chi connectivity index (χ1v) is 8.01. The van der Waals surface area contributed by atoms with Crippen LogP contribution in [0.1, 0.15) is 32.6 Å². The summed E-state index contributed by atoms with van der Waals surface area (Å²) in [5, 5.41) is 32.5. The zero-order valence-corrected chi connectivity index (χ0v) is 15.3. The third-order valence-corrected chi connectivity index (χ3v) is 2.72. The summed E-state index contributed by atoms with van der Waals surface area (Å²) >= 11 is 0. The van der Waals surface area contributed by atoms with Gasteiger partial charge >= 0.3 is 17.9 Å². The van der Waals surface area contributed by atoms with Gasteiger partial charge in [0.25, 0.3) is 0 Å². The van der Waals surface area contributed by atoms with Crippen LogP contribution in [-0.4, -0.2) is 75.6 Å². The molecule has 3 atom stereocenters. The first-order chi connectivity index (χ1) is 12.4. The second-order valence-corrected chi connectivity index (χ2v) is 5.25. The van der Waals surface area contributed by atoms with E-state index in [0.29, 0.717) is 25.8 Å². The number of aliphatic carboxylic acids is 3. The van der Waals surface area contributed by atoms with Crippen LogP contribution in [0.25, 0.3) is 0 Å². The molecule has 0 aromatic heterocycles. The van der Waals surface area contributed by atoms with Crippen LogP contribution in [0.5, 0.6) is 0 Å². The molecule has 0 saturated carbocycles. The highest BCUT2D eigenvalue weighted by Crippen LogP contribution is 1.94. The second kappa shape index (κ2) is 18.3. The van der Waals surface area contributed by atoms with Crippen molar-refractivity contribution >= 4 is 23.9 Å². The van der Waals surface area contributed by atoms with E-state index in [2.05, 4.69) is 4.99 Å². The Morgan fingerprint density at radius 3 is 1.48 bits per heavy atom. The van der Waals surface area contributed by atoms with E-state index in [1.54, 1.807) is 0 Å². The molecule has 0 bridgehead atoms. The molecule has 0 spiro atoms. The van der Waals surface area contributed by atoms with Crippen LogP contribution in [0.4, 0.5) is 0 Å². The molecule has 0 saturated heterocycles. The summed E-state index contributed by atoms with van der Waals surface area (Å²) in [6, 6.07) is -2.61. The summed E-state index contributed by atoms with van der Waals surface area (Å²) in [7, 11) is 0. The van der Waals surface area contributed by atoms with E-state index < -0.39 is 42.6 Å². The Balaban J connectivity index is -0.000000336. The van der Waals surface area contributed by atoms with E-state index in [1.165, 1.54) is 0 Å². The molecule has 27 heavy (non-hydrogen) atoms. The summed E-state index contributed by atoms with van der Waals surface area (Å²) in [6.07, 6.45) is 2.35.